The van der Waals surface area contributed by atoms with Gasteiger partial charge in [0.15, 0.2) is 0 Å². The zero-order valence-corrected chi connectivity index (χ0v) is 20.0. The third-order valence-corrected chi connectivity index (χ3v) is 6.28. The fourth-order valence-corrected chi connectivity index (χ4v) is 4.34. The van der Waals surface area contributed by atoms with Crippen molar-refractivity contribution in [3.63, 3.8) is 0 Å². The fourth-order valence-electron chi connectivity index (χ4n) is 3.90. The van der Waals surface area contributed by atoms with E-state index in [0.29, 0.717) is 5.02 Å². The van der Waals surface area contributed by atoms with Crippen molar-refractivity contribution < 1.29 is 0 Å². The molecule has 1 aromatic heterocycles. The van der Waals surface area contributed by atoms with Crippen LogP contribution in [-0.2, 0) is 0 Å². The Morgan fingerprint density at radius 1 is 0.697 bits per heavy atom. The van der Waals surface area contributed by atoms with Crippen LogP contribution in [0.3, 0.4) is 0 Å². The second-order valence-electron chi connectivity index (χ2n) is 7.59. The first-order valence-corrected chi connectivity index (χ1v) is 11.8. The normalized spacial score (nSPS) is 11.2. The van der Waals surface area contributed by atoms with Crippen LogP contribution in [0.5, 0.6) is 0 Å². The standard InChI is InChI=1S/C29H20BrClN2/c30-24-15-17-25(18-16-24)33-28(21-9-3-1-4-10-21)19-23(29(33)22-11-5-2-6-12-22)20-32-27-14-8-7-13-26(27)31/h1-20H. The van der Waals surface area contributed by atoms with Crippen molar-refractivity contribution in [1.29, 1.82) is 0 Å². The first-order chi connectivity index (χ1) is 16.2. The SMILES string of the molecule is Clc1ccccc1N=Cc1cc(-c2ccccc2)n(-c2ccc(Br)cc2)c1-c1ccccc1. The second kappa shape index (κ2) is 9.62. The lowest BCUT2D eigenvalue weighted by Crippen LogP contribution is -2.00. The molecule has 1 heterocycles. The zero-order chi connectivity index (χ0) is 22.6. The molecule has 0 spiro atoms. The molecule has 5 rings (SSSR count). The third-order valence-electron chi connectivity index (χ3n) is 5.43. The lowest BCUT2D eigenvalue weighted by atomic mass is 10.1. The maximum atomic E-state index is 6.37. The van der Waals surface area contributed by atoms with E-state index in [2.05, 4.69) is 99.4 Å². The van der Waals surface area contributed by atoms with Crippen molar-refractivity contribution in [2.75, 3.05) is 0 Å². The van der Waals surface area contributed by atoms with Crippen molar-refractivity contribution in [3.8, 4) is 28.2 Å². The minimum atomic E-state index is 0.630. The van der Waals surface area contributed by atoms with E-state index in [-0.39, 0.29) is 0 Å². The monoisotopic (exact) mass is 510 g/mol. The van der Waals surface area contributed by atoms with Crippen LogP contribution in [0.2, 0.25) is 5.02 Å². The van der Waals surface area contributed by atoms with Gasteiger partial charge in [-0.05, 0) is 53.6 Å². The summed E-state index contributed by atoms with van der Waals surface area (Å²) >= 11 is 9.93. The summed E-state index contributed by atoms with van der Waals surface area (Å²) in [5.41, 5.74) is 7.26. The van der Waals surface area contributed by atoms with Gasteiger partial charge in [-0.15, -0.1) is 0 Å². The third kappa shape index (κ3) is 4.56. The first kappa shape index (κ1) is 21.4. The molecule has 5 aromatic rings. The molecule has 0 atom stereocenters. The van der Waals surface area contributed by atoms with Gasteiger partial charge >= 0.3 is 0 Å². The lowest BCUT2D eigenvalue weighted by Gasteiger charge is -2.15. The van der Waals surface area contributed by atoms with E-state index in [9.17, 15) is 0 Å². The molecule has 0 aliphatic heterocycles. The molecular formula is C29H20BrClN2. The largest absolute Gasteiger partial charge is 0.309 e. The van der Waals surface area contributed by atoms with E-state index >= 15 is 0 Å². The molecule has 160 valence electrons. The first-order valence-electron chi connectivity index (χ1n) is 10.6. The molecule has 0 bridgehead atoms. The minimum Gasteiger partial charge on any atom is -0.309 e. The summed E-state index contributed by atoms with van der Waals surface area (Å²) in [7, 11) is 0. The van der Waals surface area contributed by atoms with Crippen LogP contribution in [0.1, 0.15) is 5.56 Å². The Hall–Kier alpha value is -3.40. The summed E-state index contributed by atoms with van der Waals surface area (Å²) < 4.78 is 3.34. The van der Waals surface area contributed by atoms with Gasteiger partial charge in [-0.3, -0.25) is 4.99 Å². The van der Waals surface area contributed by atoms with Crippen molar-refractivity contribution in [3.05, 3.63) is 130 Å². The summed E-state index contributed by atoms with van der Waals surface area (Å²) in [6, 6.07) is 39.1. The molecule has 0 unspecified atom stereocenters. The van der Waals surface area contributed by atoms with E-state index in [1.54, 1.807) is 0 Å². The van der Waals surface area contributed by atoms with Gasteiger partial charge in [0.2, 0.25) is 0 Å². The van der Waals surface area contributed by atoms with Crippen LogP contribution in [-0.4, -0.2) is 10.8 Å². The maximum Gasteiger partial charge on any atom is 0.0816 e. The van der Waals surface area contributed by atoms with Crippen LogP contribution in [0.25, 0.3) is 28.2 Å². The number of nitrogens with zero attached hydrogens (tertiary/aromatic N) is 2. The molecular weight excluding hydrogens is 492 g/mol. The number of aromatic nitrogens is 1. The Kier molecular flexibility index (Phi) is 6.25. The summed E-state index contributed by atoms with van der Waals surface area (Å²) in [5, 5.41) is 0.630. The summed E-state index contributed by atoms with van der Waals surface area (Å²) in [6.07, 6.45) is 1.91. The van der Waals surface area contributed by atoms with E-state index in [1.165, 1.54) is 0 Å². The van der Waals surface area contributed by atoms with Crippen LogP contribution in [0, 0.1) is 0 Å². The molecule has 0 fully saturated rings. The van der Waals surface area contributed by atoms with Crippen molar-refractivity contribution in [2.45, 2.75) is 0 Å². The highest BCUT2D eigenvalue weighted by atomic mass is 79.9. The number of rotatable bonds is 5. The highest BCUT2D eigenvalue weighted by Crippen LogP contribution is 2.36. The molecule has 0 saturated heterocycles. The predicted octanol–water partition coefficient (Wildman–Crippen LogP) is 8.98. The van der Waals surface area contributed by atoms with E-state index in [1.807, 2.05) is 42.6 Å². The minimum absolute atomic E-state index is 0.630. The zero-order valence-electron chi connectivity index (χ0n) is 17.7. The second-order valence-corrected chi connectivity index (χ2v) is 8.91. The van der Waals surface area contributed by atoms with Gasteiger partial charge < -0.3 is 4.57 Å². The molecule has 0 N–H and O–H groups in total. The Labute approximate surface area is 207 Å². The highest BCUT2D eigenvalue weighted by molar-refractivity contribution is 9.10. The smallest absolute Gasteiger partial charge is 0.0816 e. The van der Waals surface area contributed by atoms with Crippen molar-refractivity contribution >= 4 is 39.4 Å². The summed E-state index contributed by atoms with van der Waals surface area (Å²) in [4.78, 5) is 4.74. The van der Waals surface area contributed by atoms with E-state index in [0.717, 1.165) is 43.9 Å². The maximum absolute atomic E-state index is 6.37. The summed E-state index contributed by atoms with van der Waals surface area (Å²) in [6.45, 7) is 0. The topological polar surface area (TPSA) is 17.3 Å². The molecule has 0 saturated carbocycles. The van der Waals surface area contributed by atoms with Crippen LogP contribution in [0.4, 0.5) is 5.69 Å². The lowest BCUT2D eigenvalue weighted by molar-refractivity contribution is 1.09. The molecule has 2 nitrogen and oxygen atoms in total. The number of aliphatic imine (C=N–C) groups is 1. The molecule has 33 heavy (non-hydrogen) atoms. The Balaban J connectivity index is 1.78. The number of hydrogen-bond acceptors (Lipinski definition) is 1. The van der Waals surface area contributed by atoms with Gasteiger partial charge in [0, 0.05) is 21.9 Å². The molecule has 0 aliphatic rings. The van der Waals surface area contributed by atoms with Crippen LogP contribution < -0.4 is 0 Å². The summed E-state index contributed by atoms with van der Waals surface area (Å²) in [5.74, 6) is 0. The molecule has 0 radical (unpaired) electrons. The van der Waals surface area contributed by atoms with Gasteiger partial charge in [0.1, 0.15) is 0 Å². The van der Waals surface area contributed by atoms with Crippen LogP contribution in [0.15, 0.2) is 125 Å². The number of benzene rings is 4. The number of halogens is 2. The molecule has 4 aromatic carbocycles. The predicted molar refractivity (Wildman–Crippen MR) is 143 cm³/mol. The Morgan fingerprint density at radius 2 is 1.30 bits per heavy atom. The highest BCUT2D eigenvalue weighted by Gasteiger charge is 2.18. The van der Waals surface area contributed by atoms with Crippen LogP contribution >= 0.6 is 27.5 Å². The van der Waals surface area contributed by atoms with E-state index < -0.39 is 0 Å². The quantitative estimate of drug-likeness (QED) is 0.209. The number of para-hydroxylation sites is 1. The Morgan fingerprint density at radius 3 is 1.97 bits per heavy atom. The van der Waals surface area contributed by atoms with Gasteiger partial charge in [-0.25, -0.2) is 0 Å². The van der Waals surface area contributed by atoms with E-state index in [4.69, 9.17) is 16.6 Å². The number of hydrogen-bond donors (Lipinski definition) is 0. The van der Waals surface area contributed by atoms with Gasteiger partial charge in [-0.1, -0.05) is 100 Å². The average molecular weight is 512 g/mol. The average Bonchev–Trinajstić information content (AvgIpc) is 3.24. The van der Waals surface area contributed by atoms with Gasteiger partial charge in [0.05, 0.1) is 22.1 Å². The van der Waals surface area contributed by atoms with Crippen molar-refractivity contribution in [2.24, 2.45) is 4.99 Å². The van der Waals surface area contributed by atoms with Gasteiger partial charge in [0.25, 0.3) is 0 Å². The Bertz CT molecular complexity index is 1410. The molecule has 4 heteroatoms. The van der Waals surface area contributed by atoms with Crippen molar-refractivity contribution in [1.82, 2.24) is 4.57 Å². The molecule has 0 aliphatic carbocycles. The molecule has 0 amide bonds. The fraction of sp³-hybridized carbons (Fsp3) is 0. The van der Waals surface area contributed by atoms with Gasteiger partial charge in [-0.2, -0.15) is 0 Å².